The Morgan fingerprint density at radius 3 is 2.40 bits per heavy atom. The van der Waals surface area contributed by atoms with Crippen LogP contribution in [-0.2, 0) is 0 Å². The van der Waals surface area contributed by atoms with Crippen molar-refractivity contribution in [2.75, 3.05) is 13.1 Å². The zero-order chi connectivity index (χ0) is 14.4. The highest BCUT2D eigenvalue weighted by Gasteiger charge is 2.28. The lowest BCUT2D eigenvalue weighted by atomic mass is 9.91. The van der Waals surface area contributed by atoms with E-state index < -0.39 is 0 Å². The molecule has 1 aliphatic heterocycles. The normalized spacial score (nSPS) is 25.4. The van der Waals surface area contributed by atoms with Gasteiger partial charge < -0.3 is 4.74 Å². The van der Waals surface area contributed by atoms with Crippen LogP contribution in [0.15, 0.2) is 30.3 Å². The maximum Gasteiger partial charge on any atom is 0.152 e. The lowest BCUT2D eigenvalue weighted by molar-refractivity contribution is -0.0213. The van der Waals surface area contributed by atoms with E-state index in [1.165, 1.54) is 32.4 Å². The summed E-state index contributed by atoms with van der Waals surface area (Å²) in [5, 5.41) is 0. The van der Waals surface area contributed by atoms with Crippen molar-refractivity contribution in [1.82, 2.24) is 4.90 Å². The van der Waals surface area contributed by atoms with Crippen LogP contribution in [0.2, 0.25) is 0 Å². The van der Waals surface area contributed by atoms with E-state index >= 15 is 0 Å². The van der Waals surface area contributed by atoms with Gasteiger partial charge in [0.25, 0.3) is 0 Å². The summed E-state index contributed by atoms with van der Waals surface area (Å²) >= 11 is 0. The van der Waals surface area contributed by atoms with Crippen LogP contribution >= 0.6 is 0 Å². The molecule has 0 aromatic heterocycles. The molecule has 1 fully saturated rings. The Morgan fingerprint density at radius 2 is 1.80 bits per heavy atom. The lowest BCUT2D eigenvalue weighted by Gasteiger charge is -2.40. The minimum atomic E-state index is 0.238. The maximum atomic E-state index is 6.28. The van der Waals surface area contributed by atoms with Crippen LogP contribution in [0.3, 0.4) is 0 Å². The van der Waals surface area contributed by atoms with E-state index in [0.717, 1.165) is 24.0 Å². The summed E-state index contributed by atoms with van der Waals surface area (Å²) in [5.74, 6) is 2.56. The van der Waals surface area contributed by atoms with Gasteiger partial charge in [0.15, 0.2) is 6.23 Å². The predicted octanol–water partition coefficient (Wildman–Crippen LogP) is 4.56. The Bertz CT molecular complexity index is 368. The zero-order valence-corrected chi connectivity index (χ0v) is 13.2. The molecule has 2 nitrogen and oxygen atoms in total. The molecule has 0 radical (unpaired) electrons. The fourth-order valence-corrected chi connectivity index (χ4v) is 3.30. The molecule has 20 heavy (non-hydrogen) atoms. The molecule has 2 heteroatoms. The second-order valence-electron chi connectivity index (χ2n) is 6.43. The van der Waals surface area contributed by atoms with E-state index in [9.17, 15) is 0 Å². The van der Waals surface area contributed by atoms with Gasteiger partial charge >= 0.3 is 0 Å². The smallest absolute Gasteiger partial charge is 0.152 e. The molecule has 112 valence electrons. The van der Waals surface area contributed by atoms with Gasteiger partial charge in [-0.1, -0.05) is 45.4 Å². The van der Waals surface area contributed by atoms with Gasteiger partial charge in [-0.2, -0.15) is 0 Å². The molecule has 1 aromatic carbocycles. The molecule has 1 saturated heterocycles. The molecule has 0 N–H and O–H groups in total. The first kappa shape index (κ1) is 15.4. The minimum absolute atomic E-state index is 0.238. The highest BCUT2D eigenvalue weighted by molar-refractivity contribution is 5.21. The van der Waals surface area contributed by atoms with E-state index in [4.69, 9.17) is 4.74 Å². The van der Waals surface area contributed by atoms with E-state index in [-0.39, 0.29) is 6.23 Å². The molecule has 3 atom stereocenters. The molecule has 1 aliphatic rings. The summed E-state index contributed by atoms with van der Waals surface area (Å²) in [4.78, 5) is 2.56. The van der Waals surface area contributed by atoms with Crippen molar-refractivity contribution in [2.24, 2.45) is 11.8 Å². The highest BCUT2D eigenvalue weighted by atomic mass is 16.5. The molecule has 0 bridgehead atoms. The fourth-order valence-electron chi connectivity index (χ4n) is 3.30. The number of unbranched alkanes of at least 4 members (excludes halogenated alkanes) is 1. The molecular weight excluding hydrogens is 246 g/mol. The number of hydrogen-bond donors (Lipinski definition) is 0. The van der Waals surface area contributed by atoms with Crippen molar-refractivity contribution in [3.05, 3.63) is 30.3 Å². The van der Waals surface area contributed by atoms with Gasteiger partial charge in [-0.3, -0.25) is 4.90 Å². The average Bonchev–Trinajstić information content (AvgIpc) is 2.43. The second kappa shape index (κ2) is 7.68. The monoisotopic (exact) mass is 275 g/mol. The van der Waals surface area contributed by atoms with Crippen LogP contribution in [0, 0.1) is 11.8 Å². The second-order valence-corrected chi connectivity index (χ2v) is 6.43. The summed E-state index contributed by atoms with van der Waals surface area (Å²) in [6, 6.07) is 10.3. The number of rotatable bonds is 6. The first-order chi connectivity index (χ1) is 9.69. The summed E-state index contributed by atoms with van der Waals surface area (Å²) < 4.78 is 6.28. The van der Waals surface area contributed by atoms with Gasteiger partial charge in [0.05, 0.1) is 0 Å². The number of ether oxygens (including phenoxy) is 1. The van der Waals surface area contributed by atoms with Gasteiger partial charge in [-0.05, 0) is 43.2 Å². The quantitative estimate of drug-likeness (QED) is 0.754. The van der Waals surface area contributed by atoms with Crippen molar-refractivity contribution in [3.8, 4) is 5.75 Å². The average molecular weight is 275 g/mol. The van der Waals surface area contributed by atoms with Gasteiger partial charge in [0.1, 0.15) is 5.75 Å². The molecule has 0 spiro atoms. The van der Waals surface area contributed by atoms with Crippen LogP contribution in [0.5, 0.6) is 5.75 Å². The van der Waals surface area contributed by atoms with E-state index in [0.29, 0.717) is 0 Å². The SMILES string of the molecule is CCCCC(Oc1ccccc1)N1C[C@H](C)C[C@@H](C)C1. The van der Waals surface area contributed by atoms with E-state index in [2.05, 4.69) is 37.8 Å². The van der Waals surface area contributed by atoms with Crippen molar-refractivity contribution in [3.63, 3.8) is 0 Å². The third-order valence-electron chi connectivity index (χ3n) is 4.12. The Labute approximate surface area is 124 Å². The Hall–Kier alpha value is -1.02. The summed E-state index contributed by atoms with van der Waals surface area (Å²) in [6.45, 7) is 9.32. The van der Waals surface area contributed by atoms with Crippen molar-refractivity contribution < 1.29 is 4.74 Å². The number of hydrogen-bond acceptors (Lipinski definition) is 2. The molecule has 0 aliphatic carbocycles. The van der Waals surface area contributed by atoms with E-state index in [1.807, 2.05) is 18.2 Å². The third kappa shape index (κ3) is 4.52. The Morgan fingerprint density at radius 1 is 1.15 bits per heavy atom. The fraction of sp³-hybridized carbons (Fsp3) is 0.667. The van der Waals surface area contributed by atoms with E-state index in [1.54, 1.807) is 0 Å². The largest absolute Gasteiger partial charge is 0.475 e. The van der Waals surface area contributed by atoms with Crippen LogP contribution in [0.1, 0.15) is 46.5 Å². The molecule has 1 aromatic rings. The summed E-state index contributed by atoms with van der Waals surface area (Å²) in [5.41, 5.74) is 0. The van der Waals surface area contributed by atoms with Crippen LogP contribution in [-0.4, -0.2) is 24.2 Å². The van der Waals surface area contributed by atoms with Crippen LogP contribution < -0.4 is 4.74 Å². The first-order valence-corrected chi connectivity index (χ1v) is 8.14. The first-order valence-electron chi connectivity index (χ1n) is 8.14. The molecule has 2 rings (SSSR count). The standard InChI is InChI=1S/C18H29NO/c1-4-5-11-18(20-17-9-7-6-8-10-17)19-13-15(2)12-16(3)14-19/h6-10,15-16,18H,4-5,11-14H2,1-3H3/t15-,16-,18?/m1/s1. The number of likely N-dealkylation sites (tertiary alicyclic amines) is 1. The van der Waals surface area contributed by atoms with Crippen molar-refractivity contribution in [2.45, 2.75) is 52.7 Å². The molecule has 0 saturated carbocycles. The van der Waals surface area contributed by atoms with Gasteiger partial charge in [-0.25, -0.2) is 0 Å². The molecule has 1 unspecified atom stereocenters. The zero-order valence-electron chi connectivity index (χ0n) is 13.2. The lowest BCUT2D eigenvalue weighted by Crippen LogP contribution is -2.47. The van der Waals surface area contributed by atoms with Crippen LogP contribution in [0.4, 0.5) is 0 Å². The molecular formula is C18H29NO. The third-order valence-corrected chi connectivity index (χ3v) is 4.12. The van der Waals surface area contributed by atoms with Gasteiger partial charge in [0.2, 0.25) is 0 Å². The number of piperidine rings is 1. The van der Waals surface area contributed by atoms with Crippen LogP contribution in [0.25, 0.3) is 0 Å². The van der Waals surface area contributed by atoms with Crippen molar-refractivity contribution >= 4 is 0 Å². The summed E-state index contributed by atoms with van der Waals surface area (Å²) in [7, 11) is 0. The minimum Gasteiger partial charge on any atom is -0.475 e. The predicted molar refractivity (Wildman–Crippen MR) is 84.9 cm³/mol. The maximum absolute atomic E-state index is 6.28. The van der Waals surface area contributed by atoms with Gasteiger partial charge in [0, 0.05) is 13.1 Å². The van der Waals surface area contributed by atoms with Crippen molar-refractivity contribution in [1.29, 1.82) is 0 Å². The Balaban J connectivity index is 2.02. The topological polar surface area (TPSA) is 12.5 Å². The highest BCUT2D eigenvalue weighted by Crippen LogP contribution is 2.26. The molecule has 1 heterocycles. The number of para-hydroxylation sites is 1. The Kier molecular flexibility index (Phi) is 5.90. The number of benzene rings is 1. The molecule has 0 amide bonds. The summed E-state index contributed by atoms with van der Waals surface area (Å²) in [6.07, 6.45) is 5.18. The van der Waals surface area contributed by atoms with Gasteiger partial charge in [-0.15, -0.1) is 0 Å². The number of nitrogens with zero attached hydrogens (tertiary/aromatic N) is 1.